The molecule has 0 aromatic heterocycles. The first kappa shape index (κ1) is 6.43. The minimum absolute atomic E-state index is 0.0507. The Morgan fingerprint density at radius 3 is 2.71 bits per heavy atom. The lowest BCUT2D eigenvalue weighted by Crippen LogP contribution is -2.21. The predicted molar refractivity (Wildman–Crippen MR) is 25.7 cm³/mol. The molecule has 42 valence electrons. The molecule has 0 aliphatic heterocycles. The van der Waals surface area contributed by atoms with Crippen LogP contribution in [-0.2, 0) is 9.53 Å². The van der Waals surface area contributed by atoms with E-state index in [1.807, 2.05) is 0 Å². The molecule has 0 rings (SSSR count). The van der Waals surface area contributed by atoms with Crippen molar-refractivity contribution in [1.29, 1.82) is 0 Å². The molecule has 0 fully saturated rings. The number of carbonyl (C=O) groups excluding carboxylic acids is 1. The predicted octanol–water partition coefficient (Wildman–Crippen LogP) is -0.493. The van der Waals surface area contributed by atoms with E-state index in [2.05, 4.69) is 4.74 Å². The molecule has 0 aromatic carbocycles. The van der Waals surface area contributed by atoms with Gasteiger partial charge in [-0.25, -0.2) is 0 Å². The van der Waals surface area contributed by atoms with E-state index in [1.54, 1.807) is 6.92 Å². The number of nitrogens with two attached hydrogens (primary N) is 1. The molecule has 0 amide bonds. The average molecular weight is 103 g/mol. The Hall–Kier alpha value is -0.570. The molecule has 0 saturated carbocycles. The lowest BCUT2D eigenvalue weighted by molar-refractivity contribution is -0.129. The first-order chi connectivity index (χ1) is 3.27. The van der Waals surface area contributed by atoms with Crippen LogP contribution in [0.2, 0.25) is 0 Å². The largest absolute Gasteiger partial charge is 0.466 e. The van der Waals surface area contributed by atoms with Crippen LogP contribution in [0.5, 0.6) is 0 Å². The zero-order chi connectivity index (χ0) is 5.70. The van der Waals surface area contributed by atoms with Gasteiger partial charge in [-0.3, -0.25) is 4.79 Å². The summed E-state index contributed by atoms with van der Waals surface area (Å²) in [6, 6.07) is -0.0507. The monoisotopic (exact) mass is 103 g/mol. The Balaban J connectivity index is 2.81. The minimum Gasteiger partial charge on any atom is -0.466 e. The van der Waals surface area contributed by atoms with Gasteiger partial charge in [-0.15, -0.1) is 0 Å². The highest BCUT2D eigenvalue weighted by Gasteiger charge is 1.88. The third-order valence-corrected chi connectivity index (χ3v) is 0.427. The fourth-order valence-corrected chi connectivity index (χ4v) is 0.191. The molecule has 0 unspecified atom stereocenters. The molecule has 0 aromatic rings. The topological polar surface area (TPSA) is 52.3 Å². The smallest absolute Gasteiger partial charge is 0.293 e. The molecule has 0 aliphatic rings. The second kappa shape index (κ2) is 3.61. The summed E-state index contributed by atoms with van der Waals surface area (Å²) in [5.41, 5.74) is 5.19. The van der Waals surface area contributed by atoms with E-state index in [-0.39, 0.29) is 6.04 Å². The highest BCUT2D eigenvalue weighted by atomic mass is 16.5. The first-order valence-electron chi connectivity index (χ1n) is 2.08. The van der Waals surface area contributed by atoms with Crippen molar-refractivity contribution in [3.8, 4) is 0 Å². The second-order valence-corrected chi connectivity index (χ2v) is 1.41. The van der Waals surface area contributed by atoms with Crippen LogP contribution in [0.25, 0.3) is 0 Å². The van der Waals surface area contributed by atoms with E-state index in [1.165, 1.54) is 0 Å². The van der Waals surface area contributed by atoms with Gasteiger partial charge in [-0.1, -0.05) is 0 Å². The summed E-state index contributed by atoms with van der Waals surface area (Å²) in [5.74, 6) is 0. The van der Waals surface area contributed by atoms with E-state index in [0.717, 1.165) is 0 Å². The first-order valence-corrected chi connectivity index (χ1v) is 2.08. The Bertz CT molecular complexity index is 53.7. The number of hydrogen-bond acceptors (Lipinski definition) is 3. The molecular formula is C4H9NO2. The van der Waals surface area contributed by atoms with Crippen molar-refractivity contribution in [3.05, 3.63) is 0 Å². The van der Waals surface area contributed by atoms with Crippen LogP contribution in [0, 0.1) is 0 Å². The van der Waals surface area contributed by atoms with Crippen LogP contribution in [0.4, 0.5) is 0 Å². The number of hydrogen-bond donors (Lipinski definition) is 1. The van der Waals surface area contributed by atoms with E-state index < -0.39 is 0 Å². The third kappa shape index (κ3) is 5.43. The molecule has 3 nitrogen and oxygen atoms in total. The highest BCUT2D eigenvalue weighted by Crippen LogP contribution is 1.72. The van der Waals surface area contributed by atoms with Crippen LogP contribution < -0.4 is 5.73 Å². The van der Waals surface area contributed by atoms with Crippen molar-refractivity contribution in [2.45, 2.75) is 13.0 Å². The lowest BCUT2D eigenvalue weighted by Gasteiger charge is -1.98. The van der Waals surface area contributed by atoms with E-state index in [4.69, 9.17) is 5.73 Å². The lowest BCUT2D eigenvalue weighted by atomic mass is 10.4. The molecule has 3 heteroatoms. The summed E-state index contributed by atoms with van der Waals surface area (Å²) >= 11 is 0. The Kier molecular flexibility index (Phi) is 3.32. The van der Waals surface area contributed by atoms with Gasteiger partial charge in [0.05, 0.1) is 0 Å². The van der Waals surface area contributed by atoms with E-state index in [9.17, 15) is 4.79 Å². The van der Waals surface area contributed by atoms with Crippen molar-refractivity contribution in [1.82, 2.24) is 0 Å². The van der Waals surface area contributed by atoms with Gasteiger partial charge in [0.25, 0.3) is 6.47 Å². The summed E-state index contributed by atoms with van der Waals surface area (Å²) < 4.78 is 4.29. The molecule has 1 atom stereocenters. The maximum absolute atomic E-state index is 9.43. The Morgan fingerprint density at radius 2 is 2.57 bits per heavy atom. The van der Waals surface area contributed by atoms with Crippen LogP contribution in [-0.4, -0.2) is 19.1 Å². The standard InChI is InChI=1S/C4H9NO2/c1-4(5)2-7-3-6/h3-4H,2,5H2,1H3/t4-/m1/s1. The van der Waals surface area contributed by atoms with Crippen molar-refractivity contribution in [2.75, 3.05) is 6.61 Å². The molecule has 0 spiro atoms. The molecule has 0 heterocycles. The van der Waals surface area contributed by atoms with Gasteiger partial charge in [-0.2, -0.15) is 0 Å². The van der Waals surface area contributed by atoms with Gasteiger partial charge < -0.3 is 10.5 Å². The average Bonchev–Trinajstić information content (AvgIpc) is 1.61. The van der Waals surface area contributed by atoms with E-state index in [0.29, 0.717) is 13.1 Å². The highest BCUT2D eigenvalue weighted by molar-refractivity contribution is 5.36. The van der Waals surface area contributed by atoms with Gasteiger partial charge in [0.15, 0.2) is 0 Å². The number of carbonyl (C=O) groups is 1. The molecule has 0 radical (unpaired) electrons. The molecule has 2 N–H and O–H groups in total. The van der Waals surface area contributed by atoms with Gasteiger partial charge in [0.2, 0.25) is 0 Å². The van der Waals surface area contributed by atoms with E-state index >= 15 is 0 Å². The second-order valence-electron chi connectivity index (χ2n) is 1.41. The maximum Gasteiger partial charge on any atom is 0.293 e. The number of ether oxygens (including phenoxy) is 1. The summed E-state index contributed by atoms with van der Waals surface area (Å²) in [7, 11) is 0. The zero-order valence-electron chi connectivity index (χ0n) is 4.26. The summed E-state index contributed by atoms with van der Waals surface area (Å²) in [6.45, 7) is 2.47. The van der Waals surface area contributed by atoms with Crippen molar-refractivity contribution in [2.24, 2.45) is 5.73 Å². The van der Waals surface area contributed by atoms with Crippen molar-refractivity contribution >= 4 is 6.47 Å². The molecule has 7 heavy (non-hydrogen) atoms. The number of rotatable bonds is 3. The van der Waals surface area contributed by atoms with Gasteiger partial charge >= 0.3 is 0 Å². The molecule has 0 aliphatic carbocycles. The summed E-state index contributed by atoms with van der Waals surface area (Å²) in [5, 5.41) is 0. The van der Waals surface area contributed by atoms with Crippen LogP contribution in [0.15, 0.2) is 0 Å². The van der Waals surface area contributed by atoms with Gasteiger partial charge in [-0.05, 0) is 6.92 Å². The maximum atomic E-state index is 9.43. The van der Waals surface area contributed by atoms with Crippen LogP contribution >= 0.6 is 0 Å². The summed E-state index contributed by atoms with van der Waals surface area (Å²) in [4.78, 5) is 9.43. The minimum atomic E-state index is -0.0507. The quantitative estimate of drug-likeness (QED) is 0.490. The summed E-state index contributed by atoms with van der Waals surface area (Å²) in [6.07, 6.45) is 0. The van der Waals surface area contributed by atoms with Crippen molar-refractivity contribution < 1.29 is 9.53 Å². The Labute approximate surface area is 42.4 Å². The van der Waals surface area contributed by atoms with Crippen LogP contribution in [0.1, 0.15) is 6.92 Å². The zero-order valence-corrected chi connectivity index (χ0v) is 4.26. The molecule has 0 bridgehead atoms. The Morgan fingerprint density at radius 1 is 2.00 bits per heavy atom. The fraction of sp³-hybridized carbons (Fsp3) is 0.750. The third-order valence-electron chi connectivity index (χ3n) is 0.427. The van der Waals surface area contributed by atoms with Crippen LogP contribution in [0.3, 0.4) is 0 Å². The SMILES string of the molecule is C[C@@H](N)COC=O. The normalized spacial score (nSPS) is 12.9. The molecule has 0 saturated heterocycles. The van der Waals surface area contributed by atoms with Gasteiger partial charge in [0, 0.05) is 6.04 Å². The van der Waals surface area contributed by atoms with Gasteiger partial charge in [0.1, 0.15) is 6.61 Å². The van der Waals surface area contributed by atoms with Crippen molar-refractivity contribution in [3.63, 3.8) is 0 Å². The molecular weight excluding hydrogens is 94.0 g/mol. The fourth-order valence-electron chi connectivity index (χ4n) is 0.191.